The molecule has 21 rings (SSSR count). The monoisotopic (exact) mass is 2010 g/mol. The number of fused-ring (bicyclic) bond motifs is 1. The van der Waals surface area contributed by atoms with Gasteiger partial charge in [-0.25, -0.2) is 4.85 Å². The number of nitrogens with one attached hydrogen (secondary N) is 1. The second-order valence-electron chi connectivity index (χ2n) is 33.6. The number of ether oxygens (including phenoxy) is 6. The fourth-order valence-electron chi connectivity index (χ4n) is 16.4. The lowest BCUT2D eigenvalue weighted by atomic mass is 9.78. The smallest absolute Gasteiger partial charge is 0.268 e. The van der Waals surface area contributed by atoms with Crippen LogP contribution >= 0.6 is 27.3 Å². The van der Waals surface area contributed by atoms with Crippen molar-refractivity contribution in [1.29, 1.82) is 0 Å². The van der Waals surface area contributed by atoms with Gasteiger partial charge in [0.25, 0.3) is 29.5 Å². The number of thiophene rings is 1. The van der Waals surface area contributed by atoms with Gasteiger partial charge in [-0.1, -0.05) is 182 Å². The van der Waals surface area contributed by atoms with Crippen LogP contribution in [-0.4, -0.2) is 122 Å². The zero-order chi connectivity index (χ0) is 100. The van der Waals surface area contributed by atoms with Crippen LogP contribution in [0.1, 0.15) is 131 Å². The molecule has 1 aliphatic carbocycles. The summed E-state index contributed by atoms with van der Waals surface area (Å²) >= 11 is 5.19. The molecule has 0 unspecified atom stereocenters. The van der Waals surface area contributed by atoms with Crippen molar-refractivity contribution >= 4 is 38.6 Å². The minimum Gasteiger partial charge on any atom is -0.490 e. The highest BCUT2D eigenvalue weighted by Gasteiger charge is 2.29. The molecule has 29 nitrogen and oxygen atoms in total. The van der Waals surface area contributed by atoms with Crippen molar-refractivity contribution in [3.8, 4) is 171 Å². The molecule has 730 valence electrons. The maximum absolute atomic E-state index is 7.09. The number of halogens is 1. The predicted molar refractivity (Wildman–Crippen MR) is 559 cm³/mol. The maximum Gasteiger partial charge on any atom is 0.268 e. The van der Waals surface area contributed by atoms with E-state index < -0.39 is 0 Å². The van der Waals surface area contributed by atoms with Gasteiger partial charge in [-0.15, -0.1) is 11.3 Å². The Bertz CT molecular complexity index is 7410. The highest BCUT2D eigenvalue weighted by atomic mass is 79.9. The number of nitrogens with zero attached hydrogens (tertiary/aromatic N) is 16. The number of rotatable bonds is 28. The molecule has 9 aromatic carbocycles. The van der Waals surface area contributed by atoms with E-state index in [0.717, 1.165) is 120 Å². The average molecular weight is 2010 g/mol. The largest absolute Gasteiger partial charge is 0.490 e. The van der Waals surface area contributed by atoms with Crippen LogP contribution in [0.2, 0.25) is 0 Å². The molecular weight excluding hydrogens is 1900 g/mol. The van der Waals surface area contributed by atoms with E-state index in [9.17, 15) is 0 Å². The Morgan fingerprint density at radius 2 is 0.806 bits per heavy atom. The first kappa shape index (κ1) is 101. The van der Waals surface area contributed by atoms with E-state index in [1.165, 1.54) is 45.5 Å². The Kier molecular flexibility index (Phi) is 34.6. The molecular formula is C113H108BrN17O12S. The number of benzene rings is 9. The van der Waals surface area contributed by atoms with E-state index in [-0.39, 0.29) is 0 Å². The van der Waals surface area contributed by atoms with Gasteiger partial charge in [-0.05, 0) is 267 Å². The molecule has 1 aliphatic heterocycles. The van der Waals surface area contributed by atoms with Crippen LogP contribution in [0.3, 0.4) is 0 Å². The number of pyridine rings is 3. The third kappa shape index (κ3) is 25.6. The van der Waals surface area contributed by atoms with E-state index in [1.807, 2.05) is 219 Å². The predicted octanol–water partition coefficient (Wildman–Crippen LogP) is 27.9. The lowest BCUT2D eigenvalue weighted by molar-refractivity contribution is 0.288. The first-order chi connectivity index (χ1) is 70.5. The third-order valence-corrected chi connectivity index (χ3v) is 25.2. The summed E-state index contributed by atoms with van der Waals surface area (Å²) in [7, 11) is 0. The fourth-order valence-corrected chi connectivity index (χ4v) is 17.7. The van der Waals surface area contributed by atoms with E-state index in [0.29, 0.717) is 162 Å². The Labute approximate surface area is 847 Å². The lowest BCUT2D eigenvalue weighted by Crippen LogP contribution is -2.12. The van der Waals surface area contributed by atoms with Gasteiger partial charge in [-0.3, -0.25) is 15.0 Å². The number of hydrogen-bond acceptors (Lipinski definition) is 29. The second kappa shape index (κ2) is 49.6. The highest BCUT2D eigenvalue weighted by molar-refractivity contribution is 9.10. The summed E-state index contributed by atoms with van der Waals surface area (Å²) in [5.41, 5.74) is 18.9. The molecule has 10 aromatic heterocycles. The molecule has 19 aromatic rings. The van der Waals surface area contributed by atoms with Crippen molar-refractivity contribution in [2.75, 3.05) is 51.5 Å². The quantitative estimate of drug-likeness (QED) is 0.0445. The molecule has 31 heteroatoms. The number of hydrogen-bond donors (Lipinski definition) is 1. The van der Waals surface area contributed by atoms with Crippen molar-refractivity contribution in [3.05, 3.63) is 328 Å². The van der Waals surface area contributed by atoms with Gasteiger partial charge in [0.1, 0.15) is 0 Å². The average Bonchev–Trinajstić information content (AvgIpc) is 1.64. The molecule has 0 amide bonds. The summed E-state index contributed by atoms with van der Waals surface area (Å²) in [6.45, 7) is 33.4. The Balaban J connectivity index is 0.000000124. The van der Waals surface area contributed by atoms with Gasteiger partial charge in [0.15, 0.2) is 40.2 Å². The summed E-state index contributed by atoms with van der Waals surface area (Å²) in [6, 6.07) is 77.0. The molecule has 1 fully saturated rings. The van der Waals surface area contributed by atoms with Crippen molar-refractivity contribution in [2.24, 2.45) is 5.92 Å². The zero-order valence-electron chi connectivity index (χ0n) is 81.7. The van der Waals surface area contributed by atoms with Crippen molar-refractivity contribution < 1.29 is 55.6 Å². The van der Waals surface area contributed by atoms with Crippen molar-refractivity contribution in [2.45, 2.75) is 127 Å². The van der Waals surface area contributed by atoms with Crippen LogP contribution in [0.25, 0.3) is 141 Å². The Hall–Kier alpha value is -16.5. The van der Waals surface area contributed by atoms with E-state index in [2.05, 4.69) is 189 Å². The molecule has 1 saturated carbocycles. The molecule has 1 N–H and O–H groups in total. The molecule has 0 bridgehead atoms. The fraction of sp³-hybridized carbons (Fsp3) is 0.239. The van der Waals surface area contributed by atoms with Crippen LogP contribution in [0.4, 0.5) is 11.4 Å². The molecule has 0 radical (unpaired) electrons. The minimum atomic E-state index is 0.387. The summed E-state index contributed by atoms with van der Waals surface area (Å²) < 4.78 is 67.5. The molecule has 0 saturated heterocycles. The minimum absolute atomic E-state index is 0.387. The summed E-state index contributed by atoms with van der Waals surface area (Å²) in [5.74, 6) is 12.4. The van der Waals surface area contributed by atoms with E-state index in [4.69, 9.17) is 62.1 Å². The molecule has 0 spiro atoms. The Morgan fingerprint density at radius 3 is 1.31 bits per heavy atom. The number of aromatic nitrogens is 15. The second-order valence-corrected chi connectivity index (χ2v) is 35.7. The molecule has 0 atom stereocenters. The van der Waals surface area contributed by atoms with Crippen LogP contribution in [0, 0.1) is 33.3 Å². The topological polar surface area (TPSA) is 344 Å². The van der Waals surface area contributed by atoms with E-state index in [1.54, 1.807) is 54.6 Å². The molecule has 144 heavy (non-hydrogen) atoms. The van der Waals surface area contributed by atoms with E-state index >= 15 is 0 Å². The van der Waals surface area contributed by atoms with Gasteiger partial charge in [-0.2, -0.15) is 29.9 Å². The zero-order valence-corrected chi connectivity index (χ0v) is 84.1. The first-order valence-corrected chi connectivity index (χ1v) is 49.5. The van der Waals surface area contributed by atoms with Gasteiger partial charge >= 0.3 is 0 Å². The standard InChI is InChI=1S/C20H21N3O3.C20H19N3O3.C19H19BrN2O3.C19H19N3O.C18H13N3OS.C17H17N3O/c1-3-24-17-9-8-13(12-18(17)25-4-2)20-22-19(23-26-20)15-6-5-7-16-14(15)10-11-21-16;1-5-24-17-10-7-14(12-18(17)25-6-2)20-22-19(23-26-20)16-9-8-15(21-4)11-13(16)3;1-4-23-16-10-9-13(11-17(16)24-5-2)19-21-18(22-25-19)14-7-6-8-15(20)12(14)3;1-2-4-14(5-3-1)15-6-8-17(9-7-15)19-21-18(22-23-19)16-10-12-20-13-11-16;1-12-15(13-5-3-2-4-6-13)11-16(23-12)18-20-17(21-22-18)14-7-9-19-10-8-14;1-12(2)10-13-4-3-5-15(11-13)17-19-16(20-21-17)14-6-8-18-9-7-14/h5-9,12,21H,3-4,10-11H2,1-2H3;7-12H,5-6H2,1-3H3;6-11H,4-5H2,1-3H3;1-5,10-13,15,17H,6-9H2;2-11H,1H3;3-9,11-12H,10H2,1-2H3. The molecule has 2 aliphatic rings. The van der Waals surface area contributed by atoms with Crippen molar-refractivity contribution in [1.82, 2.24) is 75.8 Å². The van der Waals surface area contributed by atoms with Gasteiger partial charge in [0.2, 0.25) is 40.8 Å². The first-order valence-electron chi connectivity index (χ1n) is 47.9. The normalized spacial score (nSPS) is 12.7. The molecule has 11 heterocycles. The van der Waals surface area contributed by atoms with Crippen LogP contribution in [0.15, 0.2) is 305 Å². The van der Waals surface area contributed by atoms with Crippen LogP contribution in [0.5, 0.6) is 34.5 Å². The lowest BCUT2D eigenvalue weighted by Gasteiger charge is -2.26. The number of anilines is 1. The summed E-state index contributed by atoms with van der Waals surface area (Å²) in [4.78, 5) is 44.8. The maximum atomic E-state index is 7.09. The van der Waals surface area contributed by atoms with Gasteiger partial charge < -0.3 is 60.9 Å². The SMILES string of the molecule is CC(C)Cc1cccc(-c2nc(-c3ccncc3)no2)c1.CCOc1ccc(-c2nc(-c3cccc(Br)c3C)no2)cc1OCC.CCOc1ccc(-c2nc(-c3cccc4c3CCN4)no2)cc1OCC.Cc1sc(-c2nc(-c3ccncc3)no2)cc1-c1ccccc1.[C-]#[N+]c1ccc(-c2noc(-c3ccc(OCC)c(OCC)c3)n2)c(C)c1.c1ccc(C2CCC(c3nc(-c4ccncc4)no3)CC2)cc1. The summed E-state index contributed by atoms with van der Waals surface area (Å²) in [5, 5.41) is 28.0. The van der Waals surface area contributed by atoms with Gasteiger partial charge in [0.05, 0.1) is 51.1 Å². The van der Waals surface area contributed by atoms with Crippen molar-refractivity contribution in [3.63, 3.8) is 0 Å². The van der Waals surface area contributed by atoms with Crippen LogP contribution < -0.4 is 33.7 Å². The number of aryl methyl sites for hydroxylation is 2. The van der Waals surface area contributed by atoms with Crippen LogP contribution in [-0.2, 0) is 12.8 Å². The summed E-state index contributed by atoms with van der Waals surface area (Å²) in [6.07, 6.45) is 16.9. The third-order valence-electron chi connectivity index (χ3n) is 23.3. The Morgan fingerprint density at radius 1 is 0.382 bits per heavy atom. The van der Waals surface area contributed by atoms with Gasteiger partial charge in [0, 0.05) is 120 Å². The highest BCUT2D eigenvalue weighted by Crippen LogP contribution is 2.44.